The van der Waals surface area contributed by atoms with E-state index < -0.39 is 0 Å². The zero-order valence-electron chi connectivity index (χ0n) is 9.25. The highest BCUT2D eigenvalue weighted by Gasteiger charge is 2.23. The molecule has 0 unspecified atom stereocenters. The summed E-state index contributed by atoms with van der Waals surface area (Å²) >= 11 is 2.24. The van der Waals surface area contributed by atoms with Gasteiger partial charge in [-0.3, -0.25) is 9.59 Å². The first-order chi connectivity index (χ1) is 8.75. The summed E-state index contributed by atoms with van der Waals surface area (Å²) in [4.78, 5) is 25.8. The maximum Gasteiger partial charge on any atom is 0.225 e. The molecular weight excluding hydrogens is 264 g/mol. The number of carbonyl (C=O) groups is 2. The van der Waals surface area contributed by atoms with Crippen LogP contribution in [0.15, 0.2) is 58.3 Å². The van der Waals surface area contributed by atoms with Crippen molar-refractivity contribution in [1.82, 2.24) is 0 Å². The Morgan fingerprint density at radius 3 is 1.44 bits per heavy atom. The number of rotatable bonds is 0. The van der Waals surface area contributed by atoms with Gasteiger partial charge in [0.25, 0.3) is 0 Å². The number of hydrogen-bond donors (Lipinski definition) is 0. The number of hydrogen-bond acceptors (Lipinski definition) is 4. The van der Waals surface area contributed by atoms with Gasteiger partial charge in [-0.2, -0.15) is 0 Å². The topological polar surface area (TPSA) is 34.1 Å². The molecule has 4 heteroatoms. The molecule has 0 saturated carbocycles. The lowest BCUT2D eigenvalue weighted by molar-refractivity contribution is 0.108. The Labute approximate surface area is 113 Å². The Kier molecular flexibility index (Phi) is 2.97. The number of thioether (sulfide) groups is 2. The highest BCUT2D eigenvalue weighted by molar-refractivity contribution is 8.16. The number of fused-ring (bicyclic) bond motifs is 2. The molecular formula is C14H8O2S2. The average Bonchev–Trinajstić information content (AvgIpc) is 2.38. The van der Waals surface area contributed by atoms with Gasteiger partial charge in [0.15, 0.2) is 0 Å². The molecule has 2 aromatic carbocycles. The van der Waals surface area contributed by atoms with Crippen molar-refractivity contribution in [3.63, 3.8) is 0 Å². The van der Waals surface area contributed by atoms with Crippen LogP contribution >= 0.6 is 23.5 Å². The molecule has 0 saturated heterocycles. The minimum absolute atomic E-state index is 0.0157. The quantitative estimate of drug-likeness (QED) is 0.729. The molecule has 0 atom stereocenters. The van der Waals surface area contributed by atoms with Gasteiger partial charge in [-0.15, -0.1) is 0 Å². The lowest BCUT2D eigenvalue weighted by Crippen LogP contribution is -2.05. The van der Waals surface area contributed by atoms with Crippen molar-refractivity contribution in [2.75, 3.05) is 0 Å². The SMILES string of the molecule is O=C1Sc2ccccc2C(=O)Sc2ccccc21. The summed E-state index contributed by atoms with van der Waals surface area (Å²) in [7, 11) is 0. The van der Waals surface area contributed by atoms with Gasteiger partial charge in [0.2, 0.25) is 10.2 Å². The predicted octanol–water partition coefficient (Wildman–Crippen LogP) is 3.87. The number of carbonyl (C=O) groups excluding carboxylic acids is 2. The molecule has 0 aliphatic carbocycles. The Morgan fingerprint density at radius 2 is 1.00 bits per heavy atom. The smallest absolute Gasteiger partial charge is 0.225 e. The van der Waals surface area contributed by atoms with Crippen LogP contribution in [0.3, 0.4) is 0 Å². The molecule has 1 heterocycles. The molecule has 88 valence electrons. The van der Waals surface area contributed by atoms with Crippen LogP contribution in [0.25, 0.3) is 0 Å². The van der Waals surface area contributed by atoms with E-state index in [2.05, 4.69) is 0 Å². The van der Waals surface area contributed by atoms with Crippen molar-refractivity contribution < 1.29 is 9.59 Å². The summed E-state index contributed by atoms with van der Waals surface area (Å²) < 4.78 is 0. The molecule has 3 rings (SSSR count). The first kappa shape index (κ1) is 11.6. The summed E-state index contributed by atoms with van der Waals surface area (Å²) in [5.74, 6) is 0. The minimum Gasteiger partial charge on any atom is -0.281 e. The van der Waals surface area contributed by atoms with Crippen LogP contribution in [0.5, 0.6) is 0 Å². The summed E-state index contributed by atoms with van der Waals surface area (Å²) in [5.41, 5.74) is 1.21. The van der Waals surface area contributed by atoms with Crippen molar-refractivity contribution in [3.8, 4) is 0 Å². The minimum atomic E-state index is -0.0157. The van der Waals surface area contributed by atoms with E-state index in [4.69, 9.17) is 0 Å². The Hall–Kier alpha value is -1.52. The molecule has 0 radical (unpaired) electrons. The fraction of sp³-hybridized carbons (Fsp3) is 0. The molecule has 2 aromatic rings. The van der Waals surface area contributed by atoms with Gasteiger partial charge in [0.05, 0.1) is 0 Å². The lowest BCUT2D eigenvalue weighted by atomic mass is 10.2. The van der Waals surface area contributed by atoms with Gasteiger partial charge in [-0.25, -0.2) is 0 Å². The van der Waals surface area contributed by atoms with Crippen LogP contribution in [0, 0.1) is 0 Å². The fourth-order valence-corrected chi connectivity index (χ4v) is 3.70. The second kappa shape index (κ2) is 4.63. The highest BCUT2D eigenvalue weighted by atomic mass is 32.2. The average molecular weight is 272 g/mol. The summed E-state index contributed by atoms with van der Waals surface area (Å²) in [6.07, 6.45) is 0. The van der Waals surface area contributed by atoms with Gasteiger partial charge in [0, 0.05) is 20.9 Å². The lowest BCUT2D eigenvalue weighted by Gasteiger charge is -2.13. The summed E-state index contributed by atoms with van der Waals surface area (Å²) in [6.45, 7) is 0. The molecule has 0 bridgehead atoms. The predicted molar refractivity (Wildman–Crippen MR) is 73.3 cm³/mol. The third-order valence-corrected chi connectivity index (χ3v) is 4.58. The van der Waals surface area contributed by atoms with Crippen molar-refractivity contribution in [2.24, 2.45) is 0 Å². The fourth-order valence-electron chi connectivity index (χ4n) is 1.76. The third kappa shape index (κ3) is 1.98. The van der Waals surface area contributed by atoms with Gasteiger partial charge < -0.3 is 0 Å². The molecule has 18 heavy (non-hydrogen) atoms. The van der Waals surface area contributed by atoms with Crippen molar-refractivity contribution in [2.45, 2.75) is 9.79 Å². The molecule has 0 amide bonds. The van der Waals surface area contributed by atoms with Crippen LogP contribution in [-0.2, 0) is 0 Å². The van der Waals surface area contributed by atoms with Crippen LogP contribution in [-0.4, -0.2) is 10.2 Å². The molecule has 1 aliphatic rings. The summed E-state index contributed by atoms with van der Waals surface area (Å²) in [6, 6.07) is 14.5. The third-order valence-electron chi connectivity index (χ3n) is 2.62. The van der Waals surface area contributed by atoms with Crippen molar-refractivity contribution in [3.05, 3.63) is 59.7 Å². The van der Waals surface area contributed by atoms with Crippen molar-refractivity contribution >= 4 is 33.8 Å². The van der Waals surface area contributed by atoms with E-state index in [-0.39, 0.29) is 10.2 Å². The molecule has 1 aliphatic heterocycles. The maximum absolute atomic E-state index is 12.2. The van der Waals surface area contributed by atoms with Crippen LogP contribution in [0.1, 0.15) is 20.7 Å². The second-order valence-electron chi connectivity index (χ2n) is 3.77. The standard InChI is InChI=1S/C14H8O2S2/c15-13-9-5-1-3-7-11(9)17-14(16)10-6-2-4-8-12(10)18-13/h1-8H. The second-order valence-corrected chi connectivity index (χ2v) is 5.80. The molecule has 0 fully saturated rings. The van der Waals surface area contributed by atoms with Crippen LogP contribution < -0.4 is 0 Å². The zero-order chi connectivity index (χ0) is 12.5. The largest absolute Gasteiger partial charge is 0.281 e. The highest BCUT2D eigenvalue weighted by Crippen LogP contribution is 2.37. The Balaban J connectivity index is 2.15. The van der Waals surface area contributed by atoms with E-state index in [1.165, 1.54) is 0 Å². The first-order valence-corrected chi connectivity index (χ1v) is 7.01. The van der Waals surface area contributed by atoms with Gasteiger partial charge >= 0.3 is 0 Å². The van der Waals surface area contributed by atoms with Crippen LogP contribution in [0.4, 0.5) is 0 Å². The van der Waals surface area contributed by atoms with Crippen molar-refractivity contribution in [1.29, 1.82) is 0 Å². The van der Waals surface area contributed by atoms with E-state index in [1.807, 2.05) is 36.4 Å². The van der Waals surface area contributed by atoms with Gasteiger partial charge in [-0.05, 0) is 47.8 Å². The maximum atomic E-state index is 12.2. The molecule has 0 spiro atoms. The summed E-state index contributed by atoms with van der Waals surface area (Å²) in [5, 5.41) is -0.0314. The van der Waals surface area contributed by atoms with Crippen LogP contribution in [0.2, 0.25) is 0 Å². The van der Waals surface area contributed by atoms with E-state index in [9.17, 15) is 9.59 Å². The molecule has 0 aromatic heterocycles. The first-order valence-electron chi connectivity index (χ1n) is 5.38. The monoisotopic (exact) mass is 272 g/mol. The van der Waals surface area contributed by atoms with E-state index in [0.29, 0.717) is 11.1 Å². The Morgan fingerprint density at radius 1 is 0.611 bits per heavy atom. The molecule has 0 N–H and O–H groups in total. The van der Waals surface area contributed by atoms with Gasteiger partial charge in [-0.1, -0.05) is 24.3 Å². The van der Waals surface area contributed by atoms with E-state index in [0.717, 1.165) is 33.3 Å². The van der Waals surface area contributed by atoms with E-state index in [1.54, 1.807) is 12.1 Å². The molecule has 2 nitrogen and oxygen atoms in total. The Bertz CT molecular complexity index is 592. The zero-order valence-corrected chi connectivity index (χ0v) is 10.9. The normalized spacial score (nSPS) is 14.4. The van der Waals surface area contributed by atoms with Gasteiger partial charge in [0.1, 0.15) is 0 Å². The van der Waals surface area contributed by atoms with E-state index >= 15 is 0 Å². The number of benzene rings is 2.